The molecule has 1 aliphatic rings. The van der Waals surface area contributed by atoms with Gasteiger partial charge in [0, 0.05) is 38.2 Å². The number of Topliss-reactive ketones (excluding diaryl/α,β-unsaturated/α-hetero) is 1. The second kappa shape index (κ2) is 5.59. The van der Waals surface area contributed by atoms with E-state index in [0.29, 0.717) is 38.2 Å². The molecule has 0 N–H and O–H groups in total. The van der Waals surface area contributed by atoms with Gasteiger partial charge in [0.25, 0.3) is 0 Å². The van der Waals surface area contributed by atoms with Crippen LogP contribution in [0.15, 0.2) is 24.3 Å². The molecule has 0 aliphatic carbocycles. The first-order valence-corrected chi connectivity index (χ1v) is 6.20. The zero-order valence-electron chi connectivity index (χ0n) is 10.4. The molecule has 0 saturated carbocycles. The van der Waals surface area contributed by atoms with E-state index in [0.717, 1.165) is 0 Å². The second-order valence-corrected chi connectivity index (χ2v) is 4.38. The summed E-state index contributed by atoms with van der Waals surface area (Å²) in [6, 6.07) is 5.76. The molecule has 1 aromatic carbocycles. The van der Waals surface area contributed by atoms with Crippen LogP contribution in [0.5, 0.6) is 0 Å². The molecule has 0 unspecified atom stereocenters. The summed E-state index contributed by atoms with van der Waals surface area (Å²) < 4.78 is 24.1. The number of carbonyl (C=O) groups is 1. The quantitative estimate of drug-likeness (QED) is 0.773. The minimum Gasteiger partial charge on any atom is -0.381 e. The molecule has 1 aromatic rings. The molecule has 0 spiro atoms. The lowest BCUT2D eigenvalue weighted by atomic mass is 9.85. The van der Waals surface area contributed by atoms with Gasteiger partial charge in [-0.25, -0.2) is 4.39 Å². The molecular weight excluding hydrogens is 235 g/mol. The largest absolute Gasteiger partial charge is 0.381 e. The highest BCUT2D eigenvalue weighted by Gasteiger charge is 2.41. The summed E-state index contributed by atoms with van der Waals surface area (Å²) in [7, 11) is 0. The number of ether oxygens (including phenoxy) is 2. The topological polar surface area (TPSA) is 35.5 Å². The van der Waals surface area contributed by atoms with E-state index in [9.17, 15) is 9.18 Å². The zero-order valence-corrected chi connectivity index (χ0v) is 10.4. The number of rotatable bonds is 4. The zero-order chi connectivity index (χ0) is 13.0. The Hall–Kier alpha value is -1.26. The summed E-state index contributed by atoms with van der Waals surface area (Å²) in [5.74, 6) is -0.549. The molecule has 0 amide bonds. The summed E-state index contributed by atoms with van der Waals surface area (Å²) in [5.41, 5.74) is -0.480. The van der Waals surface area contributed by atoms with Gasteiger partial charge in [0.05, 0.1) is 0 Å². The molecule has 1 heterocycles. The molecule has 1 fully saturated rings. The van der Waals surface area contributed by atoms with E-state index in [2.05, 4.69) is 0 Å². The fourth-order valence-corrected chi connectivity index (χ4v) is 2.31. The summed E-state index contributed by atoms with van der Waals surface area (Å²) in [6.07, 6.45) is 1.05. The van der Waals surface area contributed by atoms with Gasteiger partial charge >= 0.3 is 0 Å². The van der Waals surface area contributed by atoms with Crippen LogP contribution in [0.3, 0.4) is 0 Å². The van der Waals surface area contributed by atoms with E-state index in [-0.39, 0.29) is 5.78 Å². The van der Waals surface area contributed by atoms with E-state index in [1.165, 1.54) is 12.1 Å². The van der Waals surface area contributed by atoms with Crippen molar-refractivity contribution in [3.8, 4) is 0 Å². The molecule has 0 atom stereocenters. The monoisotopic (exact) mass is 252 g/mol. The van der Waals surface area contributed by atoms with Gasteiger partial charge in [0.2, 0.25) is 0 Å². The molecule has 18 heavy (non-hydrogen) atoms. The van der Waals surface area contributed by atoms with Crippen LogP contribution in [0.1, 0.15) is 30.1 Å². The van der Waals surface area contributed by atoms with Crippen molar-refractivity contribution in [2.45, 2.75) is 25.4 Å². The van der Waals surface area contributed by atoms with Crippen molar-refractivity contribution in [3.05, 3.63) is 35.6 Å². The lowest BCUT2D eigenvalue weighted by Crippen LogP contribution is -2.46. The maximum Gasteiger partial charge on any atom is 0.194 e. The number of halogens is 1. The predicted molar refractivity (Wildman–Crippen MR) is 65.1 cm³/mol. The normalized spacial score (nSPS) is 18.6. The third-order valence-corrected chi connectivity index (χ3v) is 3.22. The van der Waals surface area contributed by atoms with Gasteiger partial charge in [-0.05, 0) is 19.1 Å². The minimum atomic E-state index is -0.846. The van der Waals surface area contributed by atoms with Crippen molar-refractivity contribution < 1.29 is 18.7 Å². The molecular formula is C14H17FO3. The molecule has 1 saturated heterocycles. The van der Waals surface area contributed by atoms with Crippen LogP contribution < -0.4 is 0 Å². The van der Waals surface area contributed by atoms with E-state index in [1.807, 2.05) is 6.92 Å². The van der Waals surface area contributed by atoms with Crippen LogP contribution in [-0.2, 0) is 9.47 Å². The number of carbonyl (C=O) groups excluding carboxylic acids is 1. The van der Waals surface area contributed by atoms with E-state index < -0.39 is 11.4 Å². The average molecular weight is 252 g/mol. The fourth-order valence-electron chi connectivity index (χ4n) is 2.31. The lowest BCUT2D eigenvalue weighted by Gasteiger charge is -2.35. The number of hydrogen-bond donors (Lipinski definition) is 0. The maximum absolute atomic E-state index is 13.2. The first-order valence-electron chi connectivity index (χ1n) is 6.20. The number of ketones is 1. The predicted octanol–water partition coefficient (Wildman–Crippen LogP) is 2.59. The summed E-state index contributed by atoms with van der Waals surface area (Å²) >= 11 is 0. The van der Waals surface area contributed by atoms with Gasteiger partial charge < -0.3 is 9.47 Å². The standard InChI is InChI=1S/C14H17FO3/c1-2-18-14(6-8-17-9-7-14)13(16)11-4-3-5-12(15)10-11/h3-5,10H,2,6-9H2,1H3. The molecule has 3 nitrogen and oxygen atoms in total. The number of benzene rings is 1. The van der Waals surface area contributed by atoms with Crippen molar-refractivity contribution in [3.63, 3.8) is 0 Å². The van der Waals surface area contributed by atoms with Crippen LogP contribution in [0.4, 0.5) is 4.39 Å². The van der Waals surface area contributed by atoms with Gasteiger partial charge in [-0.1, -0.05) is 12.1 Å². The van der Waals surface area contributed by atoms with Gasteiger partial charge in [-0.15, -0.1) is 0 Å². The third kappa shape index (κ3) is 2.60. The Kier molecular flexibility index (Phi) is 4.09. The lowest BCUT2D eigenvalue weighted by molar-refractivity contribution is -0.0822. The maximum atomic E-state index is 13.2. The van der Waals surface area contributed by atoms with Gasteiger partial charge in [0.1, 0.15) is 11.4 Å². The first-order chi connectivity index (χ1) is 8.68. The Morgan fingerprint density at radius 1 is 1.44 bits per heavy atom. The van der Waals surface area contributed by atoms with Crippen LogP contribution in [-0.4, -0.2) is 31.2 Å². The smallest absolute Gasteiger partial charge is 0.194 e. The van der Waals surface area contributed by atoms with Crippen LogP contribution >= 0.6 is 0 Å². The van der Waals surface area contributed by atoms with Crippen molar-refractivity contribution >= 4 is 5.78 Å². The van der Waals surface area contributed by atoms with Gasteiger partial charge in [-0.3, -0.25) is 4.79 Å². The Labute approximate surface area is 106 Å². The van der Waals surface area contributed by atoms with Crippen LogP contribution in [0, 0.1) is 5.82 Å². The second-order valence-electron chi connectivity index (χ2n) is 4.38. The first kappa shape index (κ1) is 13.2. The van der Waals surface area contributed by atoms with E-state index in [1.54, 1.807) is 12.1 Å². The molecule has 0 bridgehead atoms. The Morgan fingerprint density at radius 2 is 2.17 bits per heavy atom. The Balaban J connectivity index is 2.28. The molecule has 0 radical (unpaired) electrons. The Bertz CT molecular complexity index is 419. The van der Waals surface area contributed by atoms with Gasteiger partial charge in [-0.2, -0.15) is 0 Å². The summed E-state index contributed by atoms with van der Waals surface area (Å²) in [5, 5.41) is 0. The van der Waals surface area contributed by atoms with Crippen molar-refractivity contribution in [1.82, 2.24) is 0 Å². The third-order valence-electron chi connectivity index (χ3n) is 3.22. The highest BCUT2D eigenvalue weighted by Crippen LogP contribution is 2.29. The van der Waals surface area contributed by atoms with Crippen molar-refractivity contribution in [2.75, 3.05) is 19.8 Å². The molecule has 1 aliphatic heterocycles. The Morgan fingerprint density at radius 3 is 2.78 bits per heavy atom. The van der Waals surface area contributed by atoms with Gasteiger partial charge in [0.15, 0.2) is 5.78 Å². The SMILES string of the molecule is CCOC1(C(=O)c2cccc(F)c2)CCOCC1. The molecule has 0 aromatic heterocycles. The fraction of sp³-hybridized carbons (Fsp3) is 0.500. The minimum absolute atomic E-state index is 0.146. The van der Waals surface area contributed by atoms with Crippen LogP contribution in [0.2, 0.25) is 0 Å². The molecule has 4 heteroatoms. The molecule has 98 valence electrons. The average Bonchev–Trinajstić information content (AvgIpc) is 2.39. The highest BCUT2D eigenvalue weighted by atomic mass is 19.1. The summed E-state index contributed by atoms with van der Waals surface area (Å²) in [6.45, 7) is 3.32. The molecule has 2 rings (SSSR count). The van der Waals surface area contributed by atoms with E-state index in [4.69, 9.17) is 9.47 Å². The number of hydrogen-bond acceptors (Lipinski definition) is 3. The van der Waals surface area contributed by atoms with E-state index >= 15 is 0 Å². The van der Waals surface area contributed by atoms with Crippen LogP contribution in [0.25, 0.3) is 0 Å². The van der Waals surface area contributed by atoms with Crippen molar-refractivity contribution in [1.29, 1.82) is 0 Å². The summed E-state index contributed by atoms with van der Waals surface area (Å²) in [4.78, 5) is 12.5. The highest BCUT2D eigenvalue weighted by molar-refractivity contribution is 6.02. The van der Waals surface area contributed by atoms with Crippen molar-refractivity contribution in [2.24, 2.45) is 0 Å².